The van der Waals surface area contributed by atoms with Crippen molar-refractivity contribution in [3.63, 3.8) is 0 Å². The molecule has 1 unspecified atom stereocenters. The molecule has 1 heterocycles. The number of alkyl carbamates (subject to hydrolysis) is 1. The Morgan fingerprint density at radius 1 is 1.35 bits per heavy atom. The third kappa shape index (κ3) is 4.94. The third-order valence-electron chi connectivity index (χ3n) is 2.95. The van der Waals surface area contributed by atoms with E-state index in [4.69, 9.17) is 9.57 Å². The van der Waals surface area contributed by atoms with Gasteiger partial charge in [-0.15, -0.1) is 0 Å². The van der Waals surface area contributed by atoms with Gasteiger partial charge in [0.25, 0.3) is 11.8 Å². The van der Waals surface area contributed by atoms with E-state index in [0.717, 1.165) is 10.6 Å². The maximum Gasteiger partial charge on any atom is 0.408 e. The second kappa shape index (κ2) is 8.11. The van der Waals surface area contributed by atoms with Gasteiger partial charge in [0, 0.05) is 0 Å². The van der Waals surface area contributed by atoms with E-state index in [1.165, 1.54) is 7.11 Å². The van der Waals surface area contributed by atoms with Gasteiger partial charge in [0.2, 0.25) is 0 Å². The number of hydrogen-bond donors (Lipinski definition) is 2. The van der Waals surface area contributed by atoms with Crippen molar-refractivity contribution in [3.05, 3.63) is 35.9 Å². The van der Waals surface area contributed by atoms with Crippen LogP contribution in [0.2, 0.25) is 0 Å². The van der Waals surface area contributed by atoms with Crippen molar-refractivity contribution in [2.45, 2.75) is 12.6 Å². The molecule has 2 rings (SSSR count). The standard InChI is InChI=1S/C14H17N3O6/c1-21-16-12(18)7-17-13(19)11(9-23-17)15-14(20)22-8-10-5-3-2-4-6-10/h2-6,11H,7-9H2,1H3,(H,15,20)(H,16,18). The highest BCUT2D eigenvalue weighted by atomic mass is 16.7. The average Bonchev–Trinajstić information content (AvgIpc) is 2.87. The van der Waals surface area contributed by atoms with Gasteiger partial charge < -0.3 is 10.1 Å². The molecule has 0 aliphatic carbocycles. The molecule has 124 valence electrons. The first-order chi connectivity index (χ1) is 11.1. The molecule has 1 fully saturated rings. The molecular weight excluding hydrogens is 306 g/mol. The van der Waals surface area contributed by atoms with E-state index in [9.17, 15) is 14.4 Å². The van der Waals surface area contributed by atoms with Crippen molar-refractivity contribution < 1.29 is 28.8 Å². The summed E-state index contributed by atoms with van der Waals surface area (Å²) in [6, 6.07) is 8.24. The number of hydrogen-bond acceptors (Lipinski definition) is 6. The Kier molecular flexibility index (Phi) is 5.89. The fourth-order valence-corrected chi connectivity index (χ4v) is 1.88. The number of hydroxylamine groups is 3. The summed E-state index contributed by atoms with van der Waals surface area (Å²) >= 11 is 0. The minimum absolute atomic E-state index is 0.0699. The number of nitrogens with one attached hydrogen (secondary N) is 2. The molecule has 1 aromatic carbocycles. The maximum atomic E-state index is 12.0. The monoisotopic (exact) mass is 323 g/mol. The van der Waals surface area contributed by atoms with Gasteiger partial charge in [-0.3, -0.25) is 19.3 Å². The van der Waals surface area contributed by atoms with E-state index in [-0.39, 0.29) is 19.8 Å². The number of nitrogens with zero attached hydrogens (tertiary/aromatic N) is 1. The Labute approximate surface area is 132 Å². The number of ether oxygens (including phenoxy) is 1. The van der Waals surface area contributed by atoms with Crippen molar-refractivity contribution in [2.75, 3.05) is 20.3 Å². The van der Waals surface area contributed by atoms with Crippen molar-refractivity contribution >= 4 is 17.9 Å². The second-order valence-corrected chi connectivity index (χ2v) is 4.66. The lowest BCUT2D eigenvalue weighted by molar-refractivity contribution is -0.169. The summed E-state index contributed by atoms with van der Waals surface area (Å²) in [5.41, 5.74) is 2.89. The van der Waals surface area contributed by atoms with Crippen LogP contribution in [0, 0.1) is 0 Å². The zero-order valence-corrected chi connectivity index (χ0v) is 12.5. The molecular formula is C14H17N3O6. The van der Waals surface area contributed by atoms with Crippen LogP contribution in [0.3, 0.4) is 0 Å². The summed E-state index contributed by atoms with van der Waals surface area (Å²) < 4.78 is 5.02. The topological polar surface area (TPSA) is 106 Å². The smallest absolute Gasteiger partial charge is 0.408 e. The molecule has 1 aliphatic rings. The largest absolute Gasteiger partial charge is 0.445 e. The van der Waals surface area contributed by atoms with Gasteiger partial charge >= 0.3 is 6.09 Å². The lowest BCUT2D eigenvalue weighted by atomic mass is 10.2. The van der Waals surface area contributed by atoms with Crippen LogP contribution in [-0.4, -0.2) is 49.3 Å². The Balaban J connectivity index is 1.76. The molecule has 0 saturated carbocycles. The molecule has 0 radical (unpaired) electrons. The highest BCUT2D eigenvalue weighted by Gasteiger charge is 2.35. The Morgan fingerprint density at radius 2 is 2.09 bits per heavy atom. The summed E-state index contributed by atoms with van der Waals surface area (Å²) in [6.45, 7) is -0.308. The summed E-state index contributed by atoms with van der Waals surface area (Å²) in [4.78, 5) is 44.5. The molecule has 2 N–H and O–H groups in total. The van der Waals surface area contributed by atoms with Crippen molar-refractivity contribution in [2.24, 2.45) is 0 Å². The van der Waals surface area contributed by atoms with Gasteiger partial charge in [-0.05, 0) is 5.56 Å². The number of benzene rings is 1. The lowest BCUT2D eigenvalue weighted by Gasteiger charge is -2.13. The summed E-state index contributed by atoms with van der Waals surface area (Å²) in [5.74, 6) is -1.08. The van der Waals surface area contributed by atoms with Gasteiger partial charge in [0.05, 0.1) is 7.11 Å². The van der Waals surface area contributed by atoms with Crippen LogP contribution in [0.4, 0.5) is 4.79 Å². The summed E-state index contributed by atoms with van der Waals surface area (Å²) in [7, 11) is 1.28. The summed E-state index contributed by atoms with van der Waals surface area (Å²) in [5, 5.41) is 3.25. The molecule has 9 nitrogen and oxygen atoms in total. The van der Waals surface area contributed by atoms with E-state index in [1.54, 1.807) is 0 Å². The van der Waals surface area contributed by atoms with Crippen LogP contribution in [0.5, 0.6) is 0 Å². The quantitative estimate of drug-likeness (QED) is 0.698. The lowest BCUT2D eigenvalue weighted by Crippen LogP contribution is -2.44. The van der Waals surface area contributed by atoms with E-state index in [1.807, 2.05) is 30.3 Å². The van der Waals surface area contributed by atoms with Crippen LogP contribution in [-0.2, 0) is 30.6 Å². The van der Waals surface area contributed by atoms with Crippen molar-refractivity contribution in [1.82, 2.24) is 15.9 Å². The minimum atomic E-state index is -0.895. The van der Waals surface area contributed by atoms with E-state index in [2.05, 4.69) is 15.6 Å². The number of carbonyl (C=O) groups is 3. The predicted molar refractivity (Wildman–Crippen MR) is 76.4 cm³/mol. The molecule has 1 atom stereocenters. The molecule has 3 amide bonds. The zero-order valence-electron chi connectivity index (χ0n) is 12.5. The number of amides is 3. The summed E-state index contributed by atoms with van der Waals surface area (Å²) in [6.07, 6.45) is -0.737. The van der Waals surface area contributed by atoms with Gasteiger partial charge in [0.1, 0.15) is 25.8 Å². The van der Waals surface area contributed by atoms with E-state index < -0.39 is 23.9 Å². The SMILES string of the molecule is CONC(=O)CN1OCC(NC(=O)OCc2ccccc2)C1=O. The fraction of sp³-hybridized carbons (Fsp3) is 0.357. The maximum absolute atomic E-state index is 12.0. The molecule has 9 heteroatoms. The Morgan fingerprint density at radius 3 is 2.78 bits per heavy atom. The van der Waals surface area contributed by atoms with Crippen LogP contribution >= 0.6 is 0 Å². The van der Waals surface area contributed by atoms with Crippen LogP contribution < -0.4 is 10.8 Å². The van der Waals surface area contributed by atoms with Gasteiger partial charge in [0.15, 0.2) is 0 Å². The first-order valence-corrected chi connectivity index (χ1v) is 6.83. The first-order valence-electron chi connectivity index (χ1n) is 6.83. The fourth-order valence-electron chi connectivity index (χ4n) is 1.88. The van der Waals surface area contributed by atoms with Crippen molar-refractivity contribution in [1.29, 1.82) is 0 Å². The van der Waals surface area contributed by atoms with Crippen LogP contribution in [0.1, 0.15) is 5.56 Å². The Hall–Kier alpha value is -2.65. The van der Waals surface area contributed by atoms with Gasteiger partial charge in [-0.2, -0.15) is 0 Å². The highest BCUT2D eigenvalue weighted by molar-refractivity contribution is 5.89. The molecule has 0 bridgehead atoms. The predicted octanol–water partition coefficient (Wildman–Crippen LogP) is -0.267. The van der Waals surface area contributed by atoms with Gasteiger partial charge in [-0.1, -0.05) is 30.3 Å². The first kappa shape index (κ1) is 16.7. The molecule has 0 aromatic heterocycles. The second-order valence-electron chi connectivity index (χ2n) is 4.66. The van der Waals surface area contributed by atoms with E-state index >= 15 is 0 Å². The average molecular weight is 323 g/mol. The molecule has 1 aliphatic heterocycles. The number of rotatable bonds is 6. The minimum Gasteiger partial charge on any atom is -0.445 e. The van der Waals surface area contributed by atoms with Crippen LogP contribution in [0.25, 0.3) is 0 Å². The normalized spacial score (nSPS) is 17.0. The van der Waals surface area contributed by atoms with Gasteiger partial charge in [-0.25, -0.2) is 15.3 Å². The molecule has 23 heavy (non-hydrogen) atoms. The molecule has 1 aromatic rings. The third-order valence-corrected chi connectivity index (χ3v) is 2.95. The number of carbonyl (C=O) groups excluding carboxylic acids is 3. The van der Waals surface area contributed by atoms with E-state index in [0.29, 0.717) is 0 Å². The van der Waals surface area contributed by atoms with Crippen LogP contribution in [0.15, 0.2) is 30.3 Å². The Bertz CT molecular complexity index is 565. The zero-order chi connectivity index (χ0) is 16.7. The van der Waals surface area contributed by atoms with Crippen molar-refractivity contribution in [3.8, 4) is 0 Å². The highest BCUT2D eigenvalue weighted by Crippen LogP contribution is 2.08. The molecule has 0 spiro atoms. The molecule has 1 saturated heterocycles.